The predicted octanol–water partition coefficient (Wildman–Crippen LogP) is 1.39. The Morgan fingerprint density at radius 2 is 1.93 bits per heavy atom. The highest BCUT2D eigenvalue weighted by Gasteiger charge is 2.89. The second kappa shape index (κ2) is 2.64. The molecule has 0 aliphatic heterocycles. The molecule has 2 rings (SSSR count). The fourth-order valence-corrected chi connectivity index (χ4v) is 4.37. The number of ether oxygens (including phenoxy) is 1. The Kier molecular flexibility index (Phi) is 1.95. The molecular formula is C12H20O3. The average Bonchev–Trinajstić information content (AvgIpc) is 2.52. The zero-order chi connectivity index (χ0) is 11.5. The largest absolute Gasteiger partial charge is 0.393 e. The maximum atomic E-state index is 11.5. The van der Waals surface area contributed by atoms with E-state index in [1.54, 1.807) is 7.11 Å². The summed E-state index contributed by atoms with van der Waals surface area (Å²) in [4.78, 5) is 11.5. The van der Waals surface area contributed by atoms with Gasteiger partial charge in [0, 0.05) is 7.11 Å². The van der Waals surface area contributed by atoms with E-state index in [0.717, 1.165) is 19.1 Å². The van der Waals surface area contributed by atoms with Crippen molar-refractivity contribution in [1.82, 2.24) is 0 Å². The number of fused-ring (bicyclic) bond motifs is 1. The summed E-state index contributed by atoms with van der Waals surface area (Å²) in [6.45, 7) is 6.27. The second-order valence-electron chi connectivity index (χ2n) is 5.74. The van der Waals surface area contributed by atoms with E-state index in [0.29, 0.717) is 0 Å². The van der Waals surface area contributed by atoms with Gasteiger partial charge in [0.1, 0.15) is 11.9 Å². The molecule has 3 unspecified atom stereocenters. The van der Waals surface area contributed by atoms with Crippen molar-refractivity contribution in [1.29, 1.82) is 0 Å². The van der Waals surface area contributed by atoms with Crippen LogP contribution in [0, 0.1) is 16.2 Å². The average molecular weight is 212 g/mol. The molecule has 15 heavy (non-hydrogen) atoms. The standard InChI is InChI=1S/C12H20O3/c1-9(2)10(3)5-6-11(7-13,15-4)12(9,10)8-14/h8,13H,5-7H2,1-4H3. The van der Waals surface area contributed by atoms with Crippen LogP contribution in [0.15, 0.2) is 0 Å². The molecular weight excluding hydrogens is 192 g/mol. The molecule has 3 nitrogen and oxygen atoms in total. The number of carbonyl (C=O) groups excluding carboxylic acids is 1. The normalized spacial score (nSPS) is 51.3. The number of rotatable bonds is 3. The van der Waals surface area contributed by atoms with E-state index in [1.807, 2.05) is 0 Å². The Morgan fingerprint density at radius 1 is 1.33 bits per heavy atom. The van der Waals surface area contributed by atoms with Crippen LogP contribution in [0.4, 0.5) is 0 Å². The van der Waals surface area contributed by atoms with Gasteiger partial charge >= 0.3 is 0 Å². The van der Waals surface area contributed by atoms with Gasteiger partial charge in [-0.15, -0.1) is 0 Å². The lowest BCUT2D eigenvalue weighted by molar-refractivity contribution is -0.138. The molecule has 86 valence electrons. The van der Waals surface area contributed by atoms with Crippen LogP contribution in [0.25, 0.3) is 0 Å². The smallest absolute Gasteiger partial charge is 0.130 e. The van der Waals surface area contributed by atoms with Gasteiger partial charge in [0.15, 0.2) is 0 Å². The molecule has 0 heterocycles. The van der Waals surface area contributed by atoms with E-state index >= 15 is 0 Å². The number of hydrogen-bond acceptors (Lipinski definition) is 3. The molecule has 0 aromatic carbocycles. The van der Waals surface area contributed by atoms with Gasteiger partial charge in [0.2, 0.25) is 0 Å². The van der Waals surface area contributed by atoms with Crippen LogP contribution in [0.2, 0.25) is 0 Å². The Labute approximate surface area is 90.8 Å². The molecule has 0 spiro atoms. The van der Waals surface area contributed by atoms with Crippen LogP contribution < -0.4 is 0 Å². The highest BCUT2D eigenvalue weighted by Crippen LogP contribution is 2.87. The first-order chi connectivity index (χ1) is 6.89. The molecule has 2 aliphatic rings. The summed E-state index contributed by atoms with van der Waals surface area (Å²) in [7, 11) is 1.60. The van der Waals surface area contributed by atoms with Crippen LogP contribution in [-0.2, 0) is 9.53 Å². The molecule has 0 saturated heterocycles. The number of methoxy groups -OCH3 is 1. The van der Waals surface area contributed by atoms with Crippen molar-refractivity contribution in [2.45, 2.75) is 39.2 Å². The van der Waals surface area contributed by atoms with Gasteiger partial charge in [-0.3, -0.25) is 0 Å². The molecule has 0 aromatic heterocycles. The number of aliphatic hydroxyl groups is 1. The summed E-state index contributed by atoms with van der Waals surface area (Å²) >= 11 is 0. The van der Waals surface area contributed by atoms with Gasteiger partial charge in [-0.25, -0.2) is 0 Å². The predicted molar refractivity (Wildman–Crippen MR) is 56.4 cm³/mol. The number of hydrogen-bond donors (Lipinski definition) is 1. The molecule has 0 amide bonds. The molecule has 3 heteroatoms. The molecule has 2 saturated carbocycles. The third kappa shape index (κ3) is 0.742. The molecule has 2 aliphatic carbocycles. The Hall–Kier alpha value is -0.410. The van der Waals surface area contributed by atoms with Gasteiger partial charge in [-0.1, -0.05) is 20.8 Å². The van der Waals surface area contributed by atoms with Gasteiger partial charge < -0.3 is 14.6 Å². The number of carbonyl (C=O) groups is 1. The van der Waals surface area contributed by atoms with Crippen molar-refractivity contribution in [2.24, 2.45) is 16.2 Å². The molecule has 2 fully saturated rings. The lowest BCUT2D eigenvalue weighted by atomic mass is 9.79. The van der Waals surface area contributed by atoms with Crippen LogP contribution in [-0.4, -0.2) is 30.7 Å². The van der Waals surface area contributed by atoms with Crippen molar-refractivity contribution in [3.8, 4) is 0 Å². The van der Waals surface area contributed by atoms with Crippen molar-refractivity contribution in [3.63, 3.8) is 0 Å². The van der Waals surface area contributed by atoms with Crippen molar-refractivity contribution in [2.75, 3.05) is 13.7 Å². The Morgan fingerprint density at radius 3 is 2.20 bits per heavy atom. The monoisotopic (exact) mass is 212 g/mol. The molecule has 0 radical (unpaired) electrons. The molecule has 0 aromatic rings. The van der Waals surface area contributed by atoms with Crippen molar-refractivity contribution >= 4 is 6.29 Å². The van der Waals surface area contributed by atoms with Crippen molar-refractivity contribution in [3.05, 3.63) is 0 Å². The van der Waals surface area contributed by atoms with Crippen molar-refractivity contribution < 1.29 is 14.6 Å². The van der Waals surface area contributed by atoms with Gasteiger partial charge in [-0.05, 0) is 23.7 Å². The van der Waals surface area contributed by atoms with E-state index < -0.39 is 11.0 Å². The van der Waals surface area contributed by atoms with E-state index in [1.165, 1.54) is 0 Å². The summed E-state index contributed by atoms with van der Waals surface area (Å²) in [6, 6.07) is 0. The second-order valence-corrected chi connectivity index (χ2v) is 5.74. The number of aliphatic hydroxyl groups excluding tert-OH is 1. The quantitative estimate of drug-likeness (QED) is 0.719. The summed E-state index contributed by atoms with van der Waals surface area (Å²) in [6.07, 6.45) is 2.76. The Bertz CT molecular complexity index is 306. The fraction of sp³-hybridized carbons (Fsp3) is 0.917. The summed E-state index contributed by atoms with van der Waals surface area (Å²) in [5, 5.41) is 9.57. The van der Waals surface area contributed by atoms with E-state index in [9.17, 15) is 9.90 Å². The van der Waals surface area contributed by atoms with Gasteiger partial charge in [0.05, 0.1) is 12.0 Å². The molecule has 1 N–H and O–H groups in total. The molecule has 0 bridgehead atoms. The van der Waals surface area contributed by atoms with E-state index in [2.05, 4.69) is 20.8 Å². The van der Waals surface area contributed by atoms with Crippen LogP contribution >= 0.6 is 0 Å². The highest BCUT2D eigenvalue weighted by molar-refractivity contribution is 5.74. The maximum absolute atomic E-state index is 11.5. The topological polar surface area (TPSA) is 46.5 Å². The van der Waals surface area contributed by atoms with Gasteiger partial charge in [0.25, 0.3) is 0 Å². The fourth-order valence-electron chi connectivity index (χ4n) is 4.37. The zero-order valence-corrected chi connectivity index (χ0v) is 9.96. The first kappa shape index (κ1) is 11.1. The van der Waals surface area contributed by atoms with E-state index in [4.69, 9.17) is 4.74 Å². The third-order valence-corrected chi connectivity index (χ3v) is 5.74. The summed E-state index contributed by atoms with van der Waals surface area (Å²) < 4.78 is 5.52. The summed E-state index contributed by atoms with van der Waals surface area (Å²) in [5.74, 6) is 0. The lowest BCUT2D eigenvalue weighted by Gasteiger charge is -2.35. The highest BCUT2D eigenvalue weighted by atomic mass is 16.5. The Balaban J connectivity index is 2.54. The first-order valence-electron chi connectivity index (χ1n) is 5.51. The maximum Gasteiger partial charge on any atom is 0.130 e. The van der Waals surface area contributed by atoms with Crippen LogP contribution in [0.3, 0.4) is 0 Å². The first-order valence-corrected chi connectivity index (χ1v) is 5.51. The van der Waals surface area contributed by atoms with Crippen LogP contribution in [0.1, 0.15) is 33.6 Å². The van der Waals surface area contributed by atoms with Gasteiger partial charge in [-0.2, -0.15) is 0 Å². The minimum atomic E-state index is -0.660. The SMILES string of the molecule is COC1(CO)CCC2(C)C(C)(C)C12C=O. The minimum Gasteiger partial charge on any atom is -0.393 e. The number of aldehydes is 1. The third-order valence-electron chi connectivity index (χ3n) is 5.74. The molecule has 3 atom stereocenters. The minimum absolute atomic E-state index is 0.0134. The lowest BCUT2D eigenvalue weighted by Crippen LogP contribution is -2.47. The van der Waals surface area contributed by atoms with Crippen LogP contribution in [0.5, 0.6) is 0 Å². The summed E-state index contributed by atoms with van der Waals surface area (Å²) in [5.41, 5.74) is -1.25. The van der Waals surface area contributed by atoms with E-state index in [-0.39, 0.29) is 17.4 Å². The zero-order valence-electron chi connectivity index (χ0n) is 9.96.